The summed E-state index contributed by atoms with van der Waals surface area (Å²) >= 11 is 0. The van der Waals surface area contributed by atoms with Crippen LogP contribution in [-0.4, -0.2) is 30.7 Å². The van der Waals surface area contributed by atoms with Crippen LogP contribution < -0.4 is 0 Å². The van der Waals surface area contributed by atoms with Gasteiger partial charge in [0.25, 0.3) is 0 Å². The minimum atomic E-state index is -0.569. The summed E-state index contributed by atoms with van der Waals surface area (Å²) in [5.41, 5.74) is 0. The molecule has 0 aromatic carbocycles. The highest BCUT2D eigenvalue weighted by Crippen LogP contribution is 2.19. The van der Waals surface area contributed by atoms with Crippen molar-refractivity contribution in [1.29, 1.82) is 0 Å². The van der Waals surface area contributed by atoms with E-state index in [9.17, 15) is 4.39 Å². The molecular formula is C7H14FN. The zero-order valence-corrected chi connectivity index (χ0v) is 6.10. The maximum absolute atomic E-state index is 12.6. The number of alkyl halides is 1. The molecule has 0 aliphatic carbocycles. The number of hydrogen-bond donors (Lipinski definition) is 0. The van der Waals surface area contributed by atoms with Crippen molar-refractivity contribution >= 4 is 0 Å². The highest BCUT2D eigenvalue weighted by Gasteiger charge is 2.27. The van der Waals surface area contributed by atoms with Crippen LogP contribution in [0.2, 0.25) is 0 Å². The van der Waals surface area contributed by atoms with E-state index in [1.54, 1.807) is 0 Å². The molecule has 0 radical (unpaired) electrons. The largest absolute Gasteiger partial charge is 0.300 e. The molecule has 9 heavy (non-hydrogen) atoms. The van der Waals surface area contributed by atoms with Gasteiger partial charge in [0, 0.05) is 12.6 Å². The molecule has 1 fully saturated rings. The van der Waals surface area contributed by atoms with Crippen molar-refractivity contribution < 1.29 is 4.39 Å². The van der Waals surface area contributed by atoms with Crippen molar-refractivity contribution in [3.05, 3.63) is 0 Å². The number of rotatable bonds is 1. The first-order valence-electron chi connectivity index (χ1n) is 3.58. The SMILES string of the molecule is CC[C@@H]1C[C@@H](F)CN1C. The van der Waals surface area contributed by atoms with Gasteiger partial charge in [0.1, 0.15) is 6.17 Å². The summed E-state index contributed by atoms with van der Waals surface area (Å²) in [6.07, 6.45) is 1.25. The molecule has 0 spiro atoms. The standard InChI is InChI=1S/C7H14FN/c1-3-7-4-6(8)5-9(7)2/h6-7H,3-5H2,1-2H3/t6-,7-/m1/s1. The van der Waals surface area contributed by atoms with Gasteiger partial charge in [-0.15, -0.1) is 0 Å². The van der Waals surface area contributed by atoms with E-state index >= 15 is 0 Å². The minimum absolute atomic E-state index is 0.500. The molecule has 0 bridgehead atoms. The van der Waals surface area contributed by atoms with Gasteiger partial charge in [-0.2, -0.15) is 0 Å². The van der Waals surface area contributed by atoms with Gasteiger partial charge in [-0.05, 0) is 19.9 Å². The predicted molar refractivity (Wildman–Crippen MR) is 36.2 cm³/mol. The summed E-state index contributed by atoms with van der Waals surface area (Å²) in [6, 6.07) is 0.500. The zero-order chi connectivity index (χ0) is 6.85. The van der Waals surface area contributed by atoms with E-state index in [2.05, 4.69) is 11.8 Å². The van der Waals surface area contributed by atoms with Gasteiger partial charge < -0.3 is 4.90 Å². The Hall–Kier alpha value is -0.110. The fourth-order valence-electron chi connectivity index (χ4n) is 1.49. The first kappa shape index (κ1) is 7.00. The minimum Gasteiger partial charge on any atom is -0.300 e. The topological polar surface area (TPSA) is 3.24 Å². The average Bonchev–Trinajstić information content (AvgIpc) is 2.10. The molecule has 0 saturated carbocycles. The first-order valence-corrected chi connectivity index (χ1v) is 3.58. The molecule has 1 aliphatic heterocycles. The summed E-state index contributed by atoms with van der Waals surface area (Å²) in [5.74, 6) is 0. The second-order valence-corrected chi connectivity index (χ2v) is 2.83. The van der Waals surface area contributed by atoms with Crippen molar-refractivity contribution in [3.63, 3.8) is 0 Å². The molecule has 1 nitrogen and oxygen atoms in total. The van der Waals surface area contributed by atoms with Crippen molar-refractivity contribution in [2.24, 2.45) is 0 Å². The average molecular weight is 131 g/mol. The van der Waals surface area contributed by atoms with E-state index < -0.39 is 6.17 Å². The highest BCUT2D eigenvalue weighted by molar-refractivity contribution is 4.81. The second-order valence-electron chi connectivity index (χ2n) is 2.83. The fraction of sp³-hybridized carbons (Fsp3) is 1.00. The number of nitrogens with zero attached hydrogens (tertiary/aromatic N) is 1. The summed E-state index contributed by atoms with van der Waals surface area (Å²) in [7, 11) is 1.99. The van der Waals surface area contributed by atoms with Gasteiger partial charge in [-0.3, -0.25) is 0 Å². The van der Waals surface area contributed by atoms with E-state index in [0.717, 1.165) is 12.8 Å². The number of likely N-dealkylation sites (tertiary alicyclic amines) is 1. The Labute approximate surface area is 55.8 Å². The molecular weight excluding hydrogens is 117 g/mol. The third kappa shape index (κ3) is 1.42. The van der Waals surface area contributed by atoms with E-state index in [-0.39, 0.29) is 0 Å². The van der Waals surface area contributed by atoms with Crippen molar-refractivity contribution in [2.45, 2.75) is 32.0 Å². The Morgan fingerprint density at radius 2 is 2.33 bits per heavy atom. The third-order valence-electron chi connectivity index (χ3n) is 2.11. The molecule has 2 heteroatoms. The summed E-state index contributed by atoms with van der Waals surface area (Å²) in [5, 5.41) is 0. The van der Waals surface area contributed by atoms with Crippen LogP contribution in [0.4, 0.5) is 4.39 Å². The van der Waals surface area contributed by atoms with E-state index in [0.29, 0.717) is 12.6 Å². The zero-order valence-electron chi connectivity index (χ0n) is 6.10. The van der Waals surface area contributed by atoms with Crippen molar-refractivity contribution in [3.8, 4) is 0 Å². The van der Waals surface area contributed by atoms with Gasteiger partial charge in [0.15, 0.2) is 0 Å². The quantitative estimate of drug-likeness (QED) is 0.520. The summed E-state index contributed by atoms with van der Waals surface area (Å²) < 4.78 is 12.6. The fourth-order valence-corrected chi connectivity index (χ4v) is 1.49. The summed E-state index contributed by atoms with van der Waals surface area (Å²) in [6.45, 7) is 2.75. The van der Waals surface area contributed by atoms with Gasteiger partial charge in [-0.1, -0.05) is 6.92 Å². The Bertz CT molecular complexity index is 94.9. The lowest BCUT2D eigenvalue weighted by Gasteiger charge is -2.15. The summed E-state index contributed by atoms with van der Waals surface area (Å²) in [4.78, 5) is 2.10. The Kier molecular flexibility index (Phi) is 2.06. The van der Waals surface area contributed by atoms with Crippen LogP contribution in [-0.2, 0) is 0 Å². The van der Waals surface area contributed by atoms with Crippen LogP contribution in [0, 0.1) is 0 Å². The maximum atomic E-state index is 12.6. The first-order chi connectivity index (χ1) is 4.24. The monoisotopic (exact) mass is 131 g/mol. The molecule has 2 atom stereocenters. The smallest absolute Gasteiger partial charge is 0.114 e. The molecule has 1 rings (SSSR count). The van der Waals surface area contributed by atoms with Crippen LogP contribution in [0.25, 0.3) is 0 Å². The lowest BCUT2D eigenvalue weighted by Crippen LogP contribution is -2.23. The van der Waals surface area contributed by atoms with E-state index in [1.807, 2.05) is 7.05 Å². The van der Waals surface area contributed by atoms with Crippen LogP contribution >= 0.6 is 0 Å². The second kappa shape index (κ2) is 2.65. The van der Waals surface area contributed by atoms with Crippen molar-refractivity contribution in [1.82, 2.24) is 4.90 Å². The Morgan fingerprint density at radius 1 is 1.67 bits per heavy atom. The number of hydrogen-bond acceptors (Lipinski definition) is 1. The van der Waals surface area contributed by atoms with Crippen LogP contribution in [0.3, 0.4) is 0 Å². The van der Waals surface area contributed by atoms with Gasteiger partial charge >= 0.3 is 0 Å². The molecule has 1 saturated heterocycles. The molecule has 1 heterocycles. The maximum Gasteiger partial charge on any atom is 0.114 e. The molecule has 0 aromatic heterocycles. The van der Waals surface area contributed by atoms with E-state index in [1.165, 1.54) is 0 Å². The van der Waals surface area contributed by atoms with Crippen molar-refractivity contribution in [2.75, 3.05) is 13.6 Å². The lowest BCUT2D eigenvalue weighted by atomic mass is 10.2. The molecule has 1 aliphatic rings. The Balaban J connectivity index is 2.38. The Morgan fingerprint density at radius 3 is 2.56 bits per heavy atom. The number of halogens is 1. The van der Waals surface area contributed by atoms with Crippen LogP contribution in [0.1, 0.15) is 19.8 Å². The molecule has 0 N–H and O–H groups in total. The highest BCUT2D eigenvalue weighted by atomic mass is 19.1. The van der Waals surface area contributed by atoms with Crippen LogP contribution in [0.5, 0.6) is 0 Å². The molecule has 0 aromatic rings. The molecule has 0 amide bonds. The van der Waals surface area contributed by atoms with Gasteiger partial charge in [0.2, 0.25) is 0 Å². The molecule has 54 valence electrons. The lowest BCUT2D eigenvalue weighted by molar-refractivity contribution is 0.290. The predicted octanol–water partition coefficient (Wildman–Crippen LogP) is 1.44. The van der Waals surface area contributed by atoms with Gasteiger partial charge in [0.05, 0.1) is 0 Å². The molecule has 0 unspecified atom stereocenters. The van der Waals surface area contributed by atoms with Crippen LogP contribution in [0.15, 0.2) is 0 Å². The van der Waals surface area contributed by atoms with E-state index in [4.69, 9.17) is 0 Å². The normalized spacial score (nSPS) is 37.7. The third-order valence-corrected chi connectivity index (χ3v) is 2.11. The van der Waals surface area contributed by atoms with Gasteiger partial charge in [-0.25, -0.2) is 4.39 Å².